The summed E-state index contributed by atoms with van der Waals surface area (Å²) >= 11 is 3.44. The number of ether oxygens (including phenoxy) is 1. The van der Waals surface area contributed by atoms with Crippen molar-refractivity contribution in [3.63, 3.8) is 0 Å². The molecule has 116 valence electrons. The highest BCUT2D eigenvalue weighted by Gasteiger charge is 2.07. The fourth-order valence-electron chi connectivity index (χ4n) is 1.92. The van der Waals surface area contributed by atoms with Gasteiger partial charge in [-0.05, 0) is 43.2 Å². The number of nitro groups is 1. The minimum Gasteiger partial charge on any atom is -0.417 e. The zero-order chi connectivity index (χ0) is 17.0. The number of hydrogen-bond donors (Lipinski definition) is 0. The van der Waals surface area contributed by atoms with Crippen LogP contribution in [0.3, 0.4) is 0 Å². The van der Waals surface area contributed by atoms with Gasteiger partial charge in [0.15, 0.2) is 0 Å². The molecular weight excluding hydrogens is 362 g/mol. The molecule has 0 aliphatic carbocycles. The van der Waals surface area contributed by atoms with E-state index in [1.165, 1.54) is 18.2 Å². The molecule has 2 aromatic carbocycles. The lowest BCUT2D eigenvalue weighted by Crippen LogP contribution is -2.05. The van der Waals surface area contributed by atoms with Crippen molar-refractivity contribution >= 4 is 27.6 Å². The van der Waals surface area contributed by atoms with Gasteiger partial charge in [0.05, 0.1) is 4.92 Å². The van der Waals surface area contributed by atoms with Gasteiger partial charge in [0.2, 0.25) is 0 Å². The third kappa shape index (κ3) is 4.41. The van der Waals surface area contributed by atoms with Crippen LogP contribution in [-0.4, -0.2) is 10.9 Å². The minimum absolute atomic E-state index is 0.0793. The maximum absolute atomic E-state index is 11.8. The van der Waals surface area contributed by atoms with E-state index in [9.17, 15) is 14.9 Å². The van der Waals surface area contributed by atoms with Crippen LogP contribution in [0.4, 0.5) is 5.69 Å². The van der Waals surface area contributed by atoms with Crippen molar-refractivity contribution in [3.05, 3.63) is 67.7 Å². The van der Waals surface area contributed by atoms with Gasteiger partial charge >= 0.3 is 5.97 Å². The predicted octanol–water partition coefficient (Wildman–Crippen LogP) is 3.93. The van der Waals surface area contributed by atoms with Crippen LogP contribution in [0.5, 0.6) is 5.75 Å². The summed E-state index contributed by atoms with van der Waals surface area (Å²) in [6, 6.07) is 9.20. The van der Waals surface area contributed by atoms with E-state index in [1.54, 1.807) is 18.2 Å². The Bertz CT molecular complexity index is 826. The van der Waals surface area contributed by atoms with Crippen LogP contribution in [0.15, 0.2) is 40.9 Å². The molecule has 0 fully saturated rings. The maximum Gasteiger partial charge on any atom is 0.390 e. The van der Waals surface area contributed by atoms with Gasteiger partial charge in [-0.25, -0.2) is 4.79 Å². The van der Waals surface area contributed by atoms with Gasteiger partial charge in [0.25, 0.3) is 5.69 Å². The quantitative estimate of drug-likeness (QED) is 0.263. The fourth-order valence-corrected chi connectivity index (χ4v) is 2.15. The van der Waals surface area contributed by atoms with Crippen molar-refractivity contribution < 1.29 is 14.5 Å². The van der Waals surface area contributed by atoms with Gasteiger partial charge in [0.1, 0.15) is 5.75 Å². The summed E-state index contributed by atoms with van der Waals surface area (Å²) in [7, 11) is 0. The lowest BCUT2D eigenvalue weighted by molar-refractivity contribution is -0.384. The van der Waals surface area contributed by atoms with E-state index in [4.69, 9.17) is 4.74 Å². The molecule has 0 bridgehead atoms. The molecule has 0 unspecified atom stereocenters. The SMILES string of the molecule is Cc1cc(OC(=O)C#Cc2cccc([N+](=O)[O-])c2)cc(C)c1Br. The standard InChI is InChI=1S/C17H12BrNO4/c1-11-8-15(9-12(2)17(11)18)23-16(20)7-6-13-4-3-5-14(10-13)19(21)22/h3-5,8-10H,1-2H3. The Labute approximate surface area is 141 Å². The summed E-state index contributed by atoms with van der Waals surface area (Å²) in [4.78, 5) is 21.9. The van der Waals surface area contributed by atoms with Crippen LogP contribution < -0.4 is 4.74 Å². The predicted molar refractivity (Wildman–Crippen MR) is 89.2 cm³/mol. The molecule has 2 rings (SSSR count). The molecule has 0 radical (unpaired) electrons. The van der Waals surface area contributed by atoms with E-state index in [-0.39, 0.29) is 5.69 Å². The van der Waals surface area contributed by atoms with E-state index in [1.807, 2.05) is 13.8 Å². The van der Waals surface area contributed by atoms with E-state index in [0.717, 1.165) is 15.6 Å². The summed E-state index contributed by atoms with van der Waals surface area (Å²) in [6.45, 7) is 3.78. The van der Waals surface area contributed by atoms with Crippen molar-refractivity contribution in [3.8, 4) is 17.6 Å². The van der Waals surface area contributed by atoms with Crippen molar-refractivity contribution in [1.29, 1.82) is 0 Å². The highest BCUT2D eigenvalue weighted by atomic mass is 79.9. The first kappa shape index (κ1) is 16.7. The summed E-state index contributed by atoms with van der Waals surface area (Å²) in [5, 5.41) is 10.7. The molecule has 23 heavy (non-hydrogen) atoms. The topological polar surface area (TPSA) is 69.4 Å². The summed E-state index contributed by atoms with van der Waals surface area (Å²) in [5.74, 6) is 4.56. The lowest BCUT2D eigenvalue weighted by atomic mass is 10.1. The molecule has 6 heteroatoms. The minimum atomic E-state index is -0.724. The van der Waals surface area contributed by atoms with E-state index in [2.05, 4.69) is 27.8 Å². The first-order chi connectivity index (χ1) is 10.9. The highest BCUT2D eigenvalue weighted by molar-refractivity contribution is 9.10. The van der Waals surface area contributed by atoms with Crippen LogP contribution in [0, 0.1) is 35.8 Å². The zero-order valence-corrected chi connectivity index (χ0v) is 14.0. The second kappa shape index (κ2) is 7.07. The molecule has 0 saturated heterocycles. The molecule has 0 saturated carbocycles. The molecule has 5 nitrogen and oxygen atoms in total. The highest BCUT2D eigenvalue weighted by Crippen LogP contribution is 2.26. The van der Waals surface area contributed by atoms with Crippen molar-refractivity contribution in [1.82, 2.24) is 0 Å². The summed E-state index contributed by atoms with van der Waals surface area (Å²) in [5.41, 5.74) is 2.18. The first-order valence-corrected chi connectivity index (χ1v) is 7.41. The lowest BCUT2D eigenvalue weighted by Gasteiger charge is -2.06. The monoisotopic (exact) mass is 373 g/mol. The van der Waals surface area contributed by atoms with Gasteiger partial charge in [0, 0.05) is 28.1 Å². The second-order valence-electron chi connectivity index (χ2n) is 4.82. The fraction of sp³-hybridized carbons (Fsp3) is 0.118. The Kier molecular flexibility index (Phi) is 5.14. The largest absolute Gasteiger partial charge is 0.417 e. The smallest absolute Gasteiger partial charge is 0.390 e. The van der Waals surface area contributed by atoms with E-state index in [0.29, 0.717) is 11.3 Å². The second-order valence-corrected chi connectivity index (χ2v) is 5.61. The summed E-state index contributed by atoms with van der Waals surface area (Å²) in [6.07, 6.45) is 0. The van der Waals surface area contributed by atoms with Gasteiger partial charge in [-0.15, -0.1) is 0 Å². The number of rotatable bonds is 2. The number of carbonyl (C=O) groups excluding carboxylic acids is 1. The number of esters is 1. The molecule has 0 N–H and O–H groups in total. The number of carbonyl (C=O) groups is 1. The third-order valence-corrected chi connectivity index (χ3v) is 4.24. The van der Waals surface area contributed by atoms with Crippen molar-refractivity contribution in [2.45, 2.75) is 13.8 Å². The van der Waals surface area contributed by atoms with Gasteiger partial charge < -0.3 is 4.74 Å². The van der Waals surface area contributed by atoms with Crippen molar-refractivity contribution in [2.24, 2.45) is 0 Å². The average Bonchev–Trinajstić information content (AvgIpc) is 2.51. The third-order valence-electron chi connectivity index (χ3n) is 2.99. The number of nitro benzene ring substituents is 1. The molecule has 0 aliphatic rings. The van der Waals surface area contributed by atoms with Crippen LogP contribution in [0.1, 0.15) is 16.7 Å². The Morgan fingerprint density at radius 1 is 1.22 bits per heavy atom. The molecule has 0 heterocycles. The Hall–Kier alpha value is -2.65. The van der Waals surface area contributed by atoms with Gasteiger partial charge in [-0.2, -0.15) is 0 Å². The number of benzene rings is 2. The maximum atomic E-state index is 11.8. The molecule has 2 aromatic rings. The van der Waals surface area contributed by atoms with E-state index < -0.39 is 10.9 Å². The number of nitrogens with zero attached hydrogens (tertiary/aromatic N) is 1. The Morgan fingerprint density at radius 2 is 1.87 bits per heavy atom. The average molecular weight is 374 g/mol. The molecule has 0 atom stereocenters. The van der Waals surface area contributed by atoms with Crippen LogP contribution >= 0.6 is 15.9 Å². The normalized spacial score (nSPS) is 9.70. The van der Waals surface area contributed by atoms with Gasteiger partial charge in [-0.1, -0.05) is 27.9 Å². The number of hydrogen-bond acceptors (Lipinski definition) is 4. The molecular formula is C17H12BrNO4. The first-order valence-electron chi connectivity index (χ1n) is 6.62. The summed E-state index contributed by atoms with van der Waals surface area (Å²) < 4.78 is 6.12. The van der Waals surface area contributed by atoms with E-state index >= 15 is 0 Å². The van der Waals surface area contributed by atoms with Crippen LogP contribution in [0.2, 0.25) is 0 Å². The van der Waals surface area contributed by atoms with Crippen LogP contribution in [0.25, 0.3) is 0 Å². The Morgan fingerprint density at radius 3 is 2.48 bits per heavy atom. The number of non-ortho nitro benzene ring substituents is 1. The Balaban J connectivity index is 2.15. The molecule has 0 amide bonds. The molecule has 0 spiro atoms. The van der Waals surface area contributed by atoms with Crippen molar-refractivity contribution in [2.75, 3.05) is 0 Å². The number of halogens is 1. The zero-order valence-electron chi connectivity index (χ0n) is 12.4. The molecule has 0 aliphatic heterocycles. The van der Waals surface area contributed by atoms with Gasteiger partial charge in [-0.3, -0.25) is 10.1 Å². The molecule has 0 aromatic heterocycles. The number of aryl methyl sites for hydroxylation is 2. The van der Waals surface area contributed by atoms with Crippen LogP contribution in [-0.2, 0) is 4.79 Å².